The van der Waals surface area contributed by atoms with Crippen LogP contribution in [0.2, 0.25) is 0 Å². The summed E-state index contributed by atoms with van der Waals surface area (Å²) < 4.78 is 16.4. The van der Waals surface area contributed by atoms with Gasteiger partial charge in [0.15, 0.2) is 6.10 Å². The zero-order valence-electron chi connectivity index (χ0n) is 25.0. The number of hydrogen-bond donors (Lipinski definition) is 2. The van der Waals surface area contributed by atoms with Gasteiger partial charge in [0.1, 0.15) is 11.5 Å². The molecule has 8 heteroatoms. The van der Waals surface area contributed by atoms with Gasteiger partial charge in [-0.1, -0.05) is 87.2 Å². The Morgan fingerprint density at radius 1 is 0.833 bits per heavy atom. The first-order valence-corrected chi connectivity index (χ1v) is 14.7. The first kappa shape index (κ1) is 32.5. The van der Waals surface area contributed by atoms with Gasteiger partial charge < -0.3 is 29.5 Å². The molecular weight excluding hydrogens is 532 g/mol. The average Bonchev–Trinajstić information content (AvgIpc) is 3.01. The second-order valence-corrected chi connectivity index (χ2v) is 10.3. The Morgan fingerprint density at radius 3 is 2.21 bits per heavy atom. The van der Waals surface area contributed by atoms with Crippen molar-refractivity contribution < 1.29 is 28.9 Å². The number of nitrogens with one attached hydrogen (secondary N) is 1. The van der Waals surface area contributed by atoms with E-state index in [1.165, 1.54) is 12.8 Å². The van der Waals surface area contributed by atoms with Gasteiger partial charge in [-0.05, 0) is 41.7 Å². The third-order valence-electron chi connectivity index (χ3n) is 7.15. The molecule has 0 heterocycles. The topological polar surface area (TPSA) is 97.3 Å². The highest BCUT2D eigenvalue weighted by atomic mass is 16.5. The summed E-state index contributed by atoms with van der Waals surface area (Å²) in [5.74, 6) is 0.205. The minimum atomic E-state index is -0.982. The molecule has 226 valence electrons. The number of carbonyl (C=O) groups is 2. The van der Waals surface area contributed by atoms with Crippen LogP contribution in [0.5, 0.6) is 11.5 Å². The maximum absolute atomic E-state index is 13.3. The quantitative estimate of drug-likeness (QED) is 0.159. The van der Waals surface area contributed by atoms with E-state index in [4.69, 9.17) is 14.2 Å². The number of benzene rings is 3. The smallest absolute Gasteiger partial charge is 0.333 e. The molecule has 3 rings (SSSR count). The Labute approximate surface area is 249 Å². The molecule has 2 amide bonds. The fourth-order valence-corrected chi connectivity index (χ4v) is 4.63. The normalized spacial score (nSPS) is 11.5. The lowest BCUT2D eigenvalue weighted by molar-refractivity contribution is -0.151. The number of carboxylic acid groups (broad SMARTS) is 1. The van der Waals surface area contributed by atoms with E-state index in [9.17, 15) is 14.7 Å². The van der Waals surface area contributed by atoms with Crippen LogP contribution >= 0.6 is 0 Å². The molecule has 42 heavy (non-hydrogen) atoms. The predicted octanol–water partition coefficient (Wildman–Crippen LogP) is 6.96. The van der Waals surface area contributed by atoms with E-state index in [0.29, 0.717) is 36.7 Å². The van der Waals surface area contributed by atoms with Crippen molar-refractivity contribution in [2.45, 2.75) is 64.6 Å². The number of amides is 2. The second kappa shape index (κ2) is 17.7. The predicted molar refractivity (Wildman–Crippen MR) is 165 cm³/mol. The first-order chi connectivity index (χ1) is 20.4. The molecule has 1 unspecified atom stereocenters. The molecule has 0 aliphatic heterocycles. The molecule has 0 spiro atoms. The molecule has 3 aromatic carbocycles. The fourth-order valence-electron chi connectivity index (χ4n) is 4.63. The summed E-state index contributed by atoms with van der Waals surface area (Å²) in [6.07, 6.45) is 5.56. The van der Waals surface area contributed by atoms with Crippen LogP contribution in [0.4, 0.5) is 10.5 Å². The lowest BCUT2D eigenvalue weighted by atomic mass is 10.0. The van der Waals surface area contributed by atoms with Crippen LogP contribution in [0.1, 0.15) is 55.7 Å². The molecule has 1 atom stereocenters. The number of carbonyl (C=O) groups excluding carboxylic acids is 1. The van der Waals surface area contributed by atoms with Crippen molar-refractivity contribution in [3.8, 4) is 11.5 Å². The van der Waals surface area contributed by atoms with Crippen LogP contribution in [0, 0.1) is 0 Å². The Bertz CT molecular complexity index is 1230. The standard InChI is InChI=1S/C34H44N2O6/c1-4-5-6-7-11-21-36(34(39)35-30-19-18-29(40-2)24-31(30)41-3)22-20-26-14-16-27(17-15-26)23-32(33(37)38)42-25-28-12-9-8-10-13-28/h8-10,12-19,24,32H,4-7,11,20-23,25H2,1-3H3,(H,35,39)(H,37,38). The van der Waals surface area contributed by atoms with E-state index in [-0.39, 0.29) is 19.1 Å². The molecule has 0 saturated heterocycles. The van der Waals surface area contributed by atoms with Crippen LogP contribution in [0.25, 0.3) is 0 Å². The minimum Gasteiger partial charge on any atom is -0.497 e. The molecule has 0 saturated carbocycles. The molecule has 0 bridgehead atoms. The Hall–Kier alpha value is -4.04. The van der Waals surface area contributed by atoms with Gasteiger partial charge in [-0.25, -0.2) is 9.59 Å². The molecular formula is C34H44N2O6. The van der Waals surface area contributed by atoms with Crippen molar-refractivity contribution >= 4 is 17.7 Å². The molecule has 2 N–H and O–H groups in total. The van der Waals surface area contributed by atoms with E-state index in [1.807, 2.05) is 59.5 Å². The largest absolute Gasteiger partial charge is 0.497 e. The number of carboxylic acids is 1. The van der Waals surface area contributed by atoms with Crippen LogP contribution in [0.15, 0.2) is 72.8 Å². The molecule has 3 aromatic rings. The Balaban J connectivity index is 1.60. The van der Waals surface area contributed by atoms with Gasteiger partial charge in [0.25, 0.3) is 0 Å². The van der Waals surface area contributed by atoms with E-state index >= 15 is 0 Å². The van der Waals surface area contributed by atoms with Crippen molar-refractivity contribution in [3.05, 3.63) is 89.5 Å². The van der Waals surface area contributed by atoms with Gasteiger partial charge in [-0.15, -0.1) is 0 Å². The number of urea groups is 1. The highest BCUT2D eigenvalue weighted by Crippen LogP contribution is 2.29. The van der Waals surface area contributed by atoms with Crippen molar-refractivity contribution in [3.63, 3.8) is 0 Å². The second-order valence-electron chi connectivity index (χ2n) is 10.3. The summed E-state index contributed by atoms with van der Waals surface area (Å²) in [4.78, 5) is 27.0. The number of methoxy groups -OCH3 is 2. The monoisotopic (exact) mass is 576 g/mol. The van der Waals surface area contributed by atoms with E-state index in [0.717, 1.165) is 36.0 Å². The number of unbranched alkanes of at least 4 members (excludes halogenated alkanes) is 4. The number of anilines is 1. The van der Waals surface area contributed by atoms with Crippen LogP contribution in [-0.4, -0.2) is 55.4 Å². The fraction of sp³-hybridized carbons (Fsp3) is 0.412. The summed E-state index contributed by atoms with van der Waals surface area (Å²) in [7, 11) is 3.15. The van der Waals surface area contributed by atoms with Gasteiger partial charge >= 0.3 is 12.0 Å². The SMILES string of the molecule is CCCCCCCN(CCc1ccc(CC(OCc2ccccc2)C(=O)O)cc1)C(=O)Nc1ccc(OC)cc1OC. The highest BCUT2D eigenvalue weighted by Gasteiger charge is 2.19. The van der Waals surface area contributed by atoms with Crippen molar-refractivity contribution in [2.75, 3.05) is 32.6 Å². The van der Waals surface area contributed by atoms with Gasteiger partial charge in [0, 0.05) is 25.6 Å². The molecule has 0 aromatic heterocycles. The third-order valence-corrected chi connectivity index (χ3v) is 7.15. The maximum atomic E-state index is 13.3. The number of nitrogens with zero attached hydrogens (tertiary/aromatic N) is 1. The summed E-state index contributed by atoms with van der Waals surface area (Å²) in [6, 6.07) is 22.5. The summed E-state index contributed by atoms with van der Waals surface area (Å²) >= 11 is 0. The molecule has 0 fully saturated rings. The van der Waals surface area contributed by atoms with Crippen LogP contribution in [-0.2, 0) is 29.0 Å². The lowest BCUT2D eigenvalue weighted by Gasteiger charge is -2.24. The summed E-state index contributed by atoms with van der Waals surface area (Å²) in [5, 5.41) is 12.7. The average molecular weight is 577 g/mol. The van der Waals surface area contributed by atoms with Gasteiger partial charge in [-0.3, -0.25) is 0 Å². The molecule has 0 aliphatic rings. The molecule has 8 nitrogen and oxygen atoms in total. The van der Waals surface area contributed by atoms with E-state index in [1.54, 1.807) is 32.4 Å². The van der Waals surface area contributed by atoms with Crippen LogP contribution in [0.3, 0.4) is 0 Å². The first-order valence-electron chi connectivity index (χ1n) is 14.7. The zero-order chi connectivity index (χ0) is 30.2. The highest BCUT2D eigenvalue weighted by molar-refractivity contribution is 5.91. The zero-order valence-corrected chi connectivity index (χ0v) is 25.0. The number of hydrogen-bond acceptors (Lipinski definition) is 5. The van der Waals surface area contributed by atoms with Crippen molar-refractivity contribution in [1.29, 1.82) is 0 Å². The summed E-state index contributed by atoms with van der Waals surface area (Å²) in [6.45, 7) is 3.64. The van der Waals surface area contributed by atoms with Crippen LogP contribution < -0.4 is 14.8 Å². The van der Waals surface area contributed by atoms with Gasteiger partial charge in [0.2, 0.25) is 0 Å². The maximum Gasteiger partial charge on any atom is 0.333 e. The summed E-state index contributed by atoms with van der Waals surface area (Å²) in [5.41, 5.74) is 3.48. The van der Waals surface area contributed by atoms with Gasteiger partial charge in [-0.2, -0.15) is 0 Å². The molecule has 0 radical (unpaired) electrons. The van der Waals surface area contributed by atoms with E-state index in [2.05, 4.69) is 12.2 Å². The lowest BCUT2D eigenvalue weighted by Crippen LogP contribution is -2.37. The van der Waals surface area contributed by atoms with Gasteiger partial charge in [0.05, 0.1) is 26.5 Å². The molecule has 0 aliphatic carbocycles. The van der Waals surface area contributed by atoms with Crippen molar-refractivity contribution in [1.82, 2.24) is 4.90 Å². The van der Waals surface area contributed by atoms with Crippen molar-refractivity contribution in [2.24, 2.45) is 0 Å². The number of aliphatic carboxylic acids is 1. The number of ether oxygens (including phenoxy) is 3. The minimum absolute atomic E-state index is 0.176. The van der Waals surface area contributed by atoms with E-state index < -0.39 is 12.1 Å². The number of rotatable bonds is 18. The Kier molecular flexibility index (Phi) is 13.7. The Morgan fingerprint density at radius 2 is 1.55 bits per heavy atom. The third kappa shape index (κ3) is 10.7.